The zero-order chi connectivity index (χ0) is 15.0. The number of benzene rings is 1. The van der Waals surface area contributed by atoms with Crippen LogP contribution in [0.2, 0.25) is 0 Å². The van der Waals surface area contributed by atoms with Gasteiger partial charge >= 0.3 is 11.9 Å². The first-order valence-corrected chi connectivity index (χ1v) is 6.44. The molecule has 0 aliphatic heterocycles. The number of rotatable bonds is 7. The molecule has 0 atom stereocenters. The van der Waals surface area contributed by atoms with Crippen LogP contribution in [0.25, 0.3) is 0 Å². The van der Waals surface area contributed by atoms with Crippen molar-refractivity contribution in [1.82, 2.24) is 0 Å². The van der Waals surface area contributed by atoms with E-state index >= 15 is 0 Å². The highest BCUT2D eigenvalue weighted by atomic mass is 16.6. The number of ether oxygens (including phenoxy) is 2. The molecule has 1 rings (SSSR count). The molecule has 1 aromatic carbocycles. The van der Waals surface area contributed by atoms with Crippen LogP contribution in [0.15, 0.2) is 30.3 Å². The van der Waals surface area contributed by atoms with Gasteiger partial charge in [-0.2, -0.15) is 0 Å². The molecule has 20 heavy (non-hydrogen) atoms. The molecule has 0 heterocycles. The summed E-state index contributed by atoms with van der Waals surface area (Å²) in [7, 11) is 0. The lowest BCUT2D eigenvalue weighted by molar-refractivity contribution is -0.161. The van der Waals surface area contributed by atoms with Crippen molar-refractivity contribution in [1.29, 1.82) is 0 Å². The average molecular weight is 280 g/mol. The Bertz CT molecular complexity index is 423. The van der Waals surface area contributed by atoms with Gasteiger partial charge in [0, 0.05) is 13.8 Å². The number of hydrogen-bond acceptors (Lipinski definition) is 5. The normalized spacial score (nSPS) is 10.9. The van der Waals surface area contributed by atoms with Gasteiger partial charge in [0.05, 0.1) is 0 Å². The van der Waals surface area contributed by atoms with E-state index in [4.69, 9.17) is 9.47 Å². The molecule has 5 heteroatoms. The summed E-state index contributed by atoms with van der Waals surface area (Å²) in [6.45, 7) is 2.15. The maximum absolute atomic E-state index is 10.9. The number of hydrogen-bond donors (Lipinski definition) is 1. The van der Waals surface area contributed by atoms with E-state index in [1.54, 1.807) is 0 Å². The molecule has 5 nitrogen and oxygen atoms in total. The largest absolute Gasteiger partial charge is 0.463 e. The van der Waals surface area contributed by atoms with Crippen LogP contribution in [0.4, 0.5) is 0 Å². The summed E-state index contributed by atoms with van der Waals surface area (Å²) in [6, 6.07) is 9.61. The molecule has 0 unspecified atom stereocenters. The van der Waals surface area contributed by atoms with Crippen molar-refractivity contribution in [3.63, 3.8) is 0 Å². The molecule has 0 aliphatic carbocycles. The molecule has 0 aromatic heterocycles. The minimum Gasteiger partial charge on any atom is -0.463 e. The Morgan fingerprint density at radius 2 is 1.55 bits per heavy atom. The van der Waals surface area contributed by atoms with E-state index in [2.05, 4.69) is 0 Å². The van der Waals surface area contributed by atoms with Crippen LogP contribution in [-0.4, -0.2) is 35.9 Å². The monoisotopic (exact) mass is 280 g/mol. The molecular weight excluding hydrogens is 260 g/mol. The van der Waals surface area contributed by atoms with E-state index in [1.165, 1.54) is 13.8 Å². The molecule has 1 aromatic rings. The predicted molar refractivity (Wildman–Crippen MR) is 73.0 cm³/mol. The van der Waals surface area contributed by atoms with E-state index in [-0.39, 0.29) is 13.2 Å². The number of carbonyl (C=O) groups excluding carboxylic acids is 2. The quantitative estimate of drug-likeness (QED) is 0.766. The van der Waals surface area contributed by atoms with Crippen molar-refractivity contribution in [2.45, 2.75) is 32.3 Å². The summed E-state index contributed by atoms with van der Waals surface area (Å²) < 4.78 is 9.70. The van der Waals surface area contributed by atoms with Gasteiger partial charge in [-0.25, -0.2) is 0 Å². The highest BCUT2D eigenvalue weighted by Gasteiger charge is 2.30. The molecule has 0 fully saturated rings. The molecule has 0 spiro atoms. The van der Waals surface area contributed by atoms with Crippen molar-refractivity contribution in [2.75, 3.05) is 13.2 Å². The zero-order valence-corrected chi connectivity index (χ0v) is 11.8. The van der Waals surface area contributed by atoms with Crippen molar-refractivity contribution in [2.24, 2.45) is 0 Å². The van der Waals surface area contributed by atoms with Crippen LogP contribution in [0.1, 0.15) is 25.8 Å². The van der Waals surface area contributed by atoms with Crippen LogP contribution in [0, 0.1) is 0 Å². The van der Waals surface area contributed by atoms with Gasteiger partial charge in [0.1, 0.15) is 18.8 Å². The Morgan fingerprint density at radius 3 is 2.00 bits per heavy atom. The topological polar surface area (TPSA) is 72.8 Å². The SMILES string of the molecule is CC(=O)OCC(O)(CCc1ccccc1)COC(C)=O. The van der Waals surface area contributed by atoms with Crippen molar-refractivity contribution in [3.05, 3.63) is 35.9 Å². The van der Waals surface area contributed by atoms with Crippen LogP contribution in [0.3, 0.4) is 0 Å². The second-order valence-electron chi connectivity index (χ2n) is 4.77. The van der Waals surface area contributed by atoms with Crippen molar-refractivity contribution in [3.8, 4) is 0 Å². The lowest BCUT2D eigenvalue weighted by Gasteiger charge is -2.26. The van der Waals surface area contributed by atoms with Crippen molar-refractivity contribution < 1.29 is 24.2 Å². The number of aliphatic hydroxyl groups is 1. The van der Waals surface area contributed by atoms with E-state index < -0.39 is 17.5 Å². The maximum Gasteiger partial charge on any atom is 0.302 e. The molecule has 1 N–H and O–H groups in total. The van der Waals surface area contributed by atoms with Gasteiger partial charge in [-0.15, -0.1) is 0 Å². The fraction of sp³-hybridized carbons (Fsp3) is 0.467. The molecule has 0 aliphatic rings. The fourth-order valence-corrected chi connectivity index (χ4v) is 1.68. The summed E-state index contributed by atoms with van der Waals surface area (Å²) in [6.07, 6.45) is 0.928. The molecule has 0 bridgehead atoms. The number of aryl methyl sites for hydroxylation is 1. The lowest BCUT2D eigenvalue weighted by Crippen LogP contribution is -2.41. The first-order chi connectivity index (χ1) is 9.41. The van der Waals surface area contributed by atoms with Gasteiger partial charge < -0.3 is 14.6 Å². The molecule has 0 saturated carbocycles. The van der Waals surface area contributed by atoms with Crippen LogP contribution in [0.5, 0.6) is 0 Å². The lowest BCUT2D eigenvalue weighted by atomic mass is 9.96. The van der Waals surface area contributed by atoms with Crippen LogP contribution < -0.4 is 0 Å². The highest BCUT2D eigenvalue weighted by Crippen LogP contribution is 2.16. The summed E-state index contributed by atoms with van der Waals surface area (Å²) in [4.78, 5) is 21.7. The molecule has 0 amide bonds. The predicted octanol–water partition coefficient (Wildman–Crippen LogP) is 1.48. The van der Waals surface area contributed by atoms with E-state index in [9.17, 15) is 14.7 Å². The maximum atomic E-state index is 10.9. The third-order valence-electron chi connectivity index (χ3n) is 2.81. The number of esters is 2. The molecular formula is C15H20O5. The van der Waals surface area contributed by atoms with Crippen molar-refractivity contribution >= 4 is 11.9 Å². The minimum atomic E-state index is -1.37. The first kappa shape index (κ1) is 16.2. The summed E-state index contributed by atoms with van der Waals surface area (Å²) in [5, 5.41) is 10.4. The number of carbonyl (C=O) groups is 2. The van der Waals surface area contributed by atoms with Crippen LogP contribution in [-0.2, 0) is 25.5 Å². The third kappa shape index (κ3) is 6.33. The van der Waals surface area contributed by atoms with Gasteiger partial charge in [-0.1, -0.05) is 30.3 Å². The molecule has 110 valence electrons. The molecule has 0 saturated heterocycles. The standard InChI is InChI=1S/C15H20O5/c1-12(16)19-10-15(18,11-20-13(2)17)9-8-14-6-4-3-5-7-14/h3-7,18H,8-11H2,1-2H3. The Morgan fingerprint density at radius 1 is 1.05 bits per heavy atom. The second-order valence-corrected chi connectivity index (χ2v) is 4.77. The Labute approximate surface area is 118 Å². The Hall–Kier alpha value is -1.88. The zero-order valence-electron chi connectivity index (χ0n) is 11.8. The summed E-state index contributed by atoms with van der Waals surface area (Å²) in [5.74, 6) is -0.961. The highest BCUT2D eigenvalue weighted by molar-refractivity contribution is 5.66. The van der Waals surface area contributed by atoms with Gasteiger partial charge in [0.15, 0.2) is 0 Å². The van der Waals surface area contributed by atoms with E-state index in [1.807, 2.05) is 30.3 Å². The van der Waals surface area contributed by atoms with E-state index in [0.29, 0.717) is 12.8 Å². The molecule has 0 radical (unpaired) electrons. The van der Waals surface area contributed by atoms with Gasteiger partial charge in [0.2, 0.25) is 0 Å². The third-order valence-corrected chi connectivity index (χ3v) is 2.81. The Kier molecular flexibility index (Phi) is 6.18. The summed E-state index contributed by atoms with van der Waals surface area (Å²) in [5.41, 5.74) is -0.315. The first-order valence-electron chi connectivity index (χ1n) is 6.44. The Balaban J connectivity index is 2.60. The summed E-state index contributed by atoms with van der Waals surface area (Å²) >= 11 is 0. The minimum absolute atomic E-state index is 0.192. The fourth-order valence-electron chi connectivity index (χ4n) is 1.68. The van der Waals surface area contributed by atoms with Crippen LogP contribution >= 0.6 is 0 Å². The van der Waals surface area contributed by atoms with E-state index in [0.717, 1.165) is 5.56 Å². The second kappa shape index (κ2) is 7.65. The van der Waals surface area contributed by atoms with Gasteiger partial charge in [-0.05, 0) is 18.4 Å². The smallest absolute Gasteiger partial charge is 0.302 e. The average Bonchev–Trinajstić information content (AvgIpc) is 2.42. The van der Waals surface area contributed by atoms with Gasteiger partial charge in [0.25, 0.3) is 0 Å². The van der Waals surface area contributed by atoms with Gasteiger partial charge in [-0.3, -0.25) is 9.59 Å².